The number of amides is 1. The maximum absolute atomic E-state index is 12.5. The molecule has 2 saturated carbocycles. The van der Waals surface area contributed by atoms with Gasteiger partial charge in [0.25, 0.3) is 0 Å². The number of rotatable bonds is 6. The lowest BCUT2D eigenvalue weighted by Gasteiger charge is -2.22. The van der Waals surface area contributed by atoms with Crippen LogP contribution < -0.4 is 5.32 Å². The van der Waals surface area contributed by atoms with E-state index in [0.717, 1.165) is 34.9 Å². The van der Waals surface area contributed by atoms with Crippen molar-refractivity contribution in [3.8, 4) is 22.5 Å². The molecule has 0 unspecified atom stereocenters. The zero-order valence-corrected chi connectivity index (χ0v) is 17.5. The molecule has 6 heteroatoms. The minimum atomic E-state index is 0.0644. The maximum atomic E-state index is 12.5. The normalized spacial score (nSPS) is 22.2. The molecule has 0 saturated heterocycles. The highest BCUT2D eigenvalue weighted by Crippen LogP contribution is 2.44. The molecule has 0 radical (unpaired) electrons. The van der Waals surface area contributed by atoms with E-state index >= 15 is 0 Å². The lowest BCUT2D eigenvalue weighted by molar-refractivity contribution is -0.119. The summed E-state index contributed by atoms with van der Waals surface area (Å²) in [4.78, 5) is 17.3. The molecule has 0 spiro atoms. The molecule has 2 aliphatic carbocycles. The van der Waals surface area contributed by atoms with E-state index in [4.69, 9.17) is 4.98 Å². The van der Waals surface area contributed by atoms with Gasteiger partial charge in [-0.05, 0) is 31.1 Å². The summed E-state index contributed by atoms with van der Waals surface area (Å²) in [5, 5.41) is 12.5. The molecule has 3 aromatic rings. The van der Waals surface area contributed by atoms with E-state index in [-0.39, 0.29) is 5.91 Å². The van der Waals surface area contributed by atoms with Crippen molar-refractivity contribution < 1.29 is 4.79 Å². The maximum Gasteiger partial charge on any atom is 0.230 e. The third-order valence-corrected chi connectivity index (χ3v) is 7.02. The standard InChI is InChI=1S/C24H24N4OS/c29-21(25-20-14-16-11-12-19(20)13-16)15-30-24-26-22(17-7-3-1-4-8-17)23(27-28-24)18-9-5-2-6-10-18/h1-10,16,19-20H,11-15H2,(H,25,29)/t16-,19-,20-/m0/s1. The first-order chi connectivity index (χ1) is 14.8. The van der Waals surface area contributed by atoms with Crippen LogP contribution in [0.4, 0.5) is 0 Å². The predicted molar refractivity (Wildman–Crippen MR) is 119 cm³/mol. The molecule has 0 aliphatic heterocycles. The second kappa shape index (κ2) is 8.56. The largest absolute Gasteiger partial charge is 0.352 e. The van der Waals surface area contributed by atoms with Gasteiger partial charge in [-0.15, -0.1) is 10.2 Å². The Labute approximate surface area is 180 Å². The molecule has 1 aromatic heterocycles. The Bertz CT molecular complexity index is 1030. The molecule has 2 aromatic carbocycles. The minimum Gasteiger partial charge on any atom is -0.352 e. The van der Waals surface area contributed by atoms with E-state index < -0.39 is 0 Å². The van der Waals surface area contributed by atoms with Gasteiger partial charge in [0.1, 0.15) is 11.4 Å². The number of hydrogen-bond donors (Lipinski definition) is 1. The van der Waals surface area contributed by atoms with Crippen LogP contribution in [0.5, 0.6) is 0 Å². The van der Waals surface area contributed by atoms with Gasteiger partial charge in [0, 0.05) is 17.2 Å². The number of carbonyl (C=O) groups excluding carboxylic acids is 1. The van der Waals surface area contributed by atoms with Gasteiger partial charge in [0.05, 0.1) is 5.75 Å². The summed E-state index contributed by atoms with van der Waals surface area (Å²) in [6.45, 7) is 0. The Kier molecular flexibility index (Phi) is 5.49. The van der Waals surface area contributed by atoms with Gasteiger partial charge in [-0.1, -0.05) is 78.8 Å². The Morgan fingerprint density at radius 1 is 0.900 bits per heavy atom. The minimum absolute atomic E-state index is 0.0644. The molecule has 5 rings (SSSR count). The van der Waals surface area contributed by atoms with Crippen LogP contribution in [0.15, 0.2) is 65.8 Å². The zero-order valence-electron chi connectivity index (χ0n) is 16.7. The van der Waals surface area contributed by atoms with E-state index in [1.165, 1.54) is 31.0 Å². The average molecular weight is 417 g/mol. The first-order valence-electron chi connectivity index (χ1n) is 10.5. The molecule has 2 bridgehead atoms. The fourth-order valence-corrected chi connectivity index (χ4v) is 5.36. The molecule has 3 atom stereocenters. The second-order valence-electron chi connectivity index (χ2n) is 8.16. The highest BCUT2D eigenvalue weighted by molar-refractivity contribution is 7.99. The van der Waals surface area contributed by atoms with Crippen molar-refractivity contribution in [2.45, 2.75) is 36.9 Å². The molecule has 1 heterocycles. The molecule has 1 N–H and O–H groups in total. The third-order valence-electron chi connectivity index (χ3n) is 6.18. The first kappa shape index (κ1) is 19.2. The lowest BCUT2D eigenvalue weighted by atomic mass is 9.95. The van der Waals surface area contributed by atoms with E-state index in [1.54, 1.807) is 0 Å². The number of carbonyl (C=O) groups is 1. The van der Waals surface area contributed by atoms with E-state index in [2.05, 4.69) is 15.5 Å². The predicted octanol–water partition coefficient (Wildman–Crippen LogP) is 4.60. The van der Waals surface area contributed by atoms with E-state index in [9.17, 15) is 4.79 Å². The summed E-state index contributed by atoms with van der Waals surface area (Å²) >= 11 is 1.35. The molecular weight excluding hydrogens is 392 g/mol. The molecule has 1 amide bonds. The number of nitrogens with zero attached hydrogens (tertiary/aromatic N) is 3. The highest BCUT2D eigenvalue weighted by atomic mass is 32.2. The van der Waals surface area contributed by atoms with Gasteiger partial charge < -0.3 is 5.32 Å². The average Bonchev–Trinajstić information content (AvgIpc) is 3.42. The van der Waals surface area contributed by atoms with Crippen LogP contribution in [0, 0.1) is 11.8 Å². The first-order valence-corrected chi connectivity index (χ1v) is 11.5. The van der Waals surface area contributed by atoms with Crippen LogP contribution in [0.25, 0.3) is 22.5 Å². The van der Waals surface area contributed by atoms with Crippen molar-refractivity contribution >= 4 is 17.7 Å². The van der Waals surface area contributed by atoms with Crippen molar-refractivity contribution in [1.29, 1.82) is 0 Å². The van der Waals surface area contributed by atoms with Crippen molar-refractivity contribution in [3.05, 3.63) is 60.7 Å². The molecule has 152 valence electrons. The van der Waals surface area contributed by atoms with Gasteiger partial charge in [-0.2, -0.15) is 0 Å². The van der Waals surface area contributed by atoms with Gasteiger partial charge in [-0.25, -0.2) is 4.98 Å². The Hall–Kier alpha value is -2.73. The Balaban J connectivity index is 1.32. The van der Waals surface area contributed by atoms with Crippen molar-refractivity contribution in [3.63, 3.8) is 0 Å². The fourth-order valence-electron chi connectivity index (χ4n) is 4.76. The van der Waals surface area contributed by atoms with Crippen LogP contribution in [-0.4, -0.2) is 32.9 Å². The quantitative estimate of drug-likeness (QED) is 0.595. The Morgan fingerprint density at radius 2 is 1.60 bits per heavy atom. The van der Waals surface area contributed by atoms with Crippen LogP contribution in [0.2, 0.25) is 0 Å². The summed E-state index contributed by atoms with van der Waals surface area (Å²) in [7, 11) is 0. The molecule has 2 aliphatic rings. The van der Waals surface area contributed by atoms with Crippen molar-refractivity contribution in [1.82, 2.24) is 20.5 Å². The van der Waals surface area contributed by atoms with Crippen molar-refractivity contribution in [2.24, 2.45) is 11.8 Å². The lowest BCUT2D eigenvalue weighted by Crippen LogP contribution is -2.39. The number of hydrogen-bond acceptors (Lipinski definition) is 5. The SMILES string of the molecule is O=C(CSc1nnc(-c2ccccc2)c(-c2ccccc2)n1)N[C@H]1C[C@H]2CC[C@H]1C2. The number of aromatic nitrogens is 3. The van der Waals surface area contributed by atoms with Crippen molar-refractivity contribution in [2.75, 3.05) is 5.75 Å². The molecular formula is C24H24N4OS. The number of benzene rings is 2. The van der Waals surface area contributed by atoms with E-state index in [1.807, 2.05) is 60.7 Å². The van der Waals surface area contributed by atoms with E-state index in [0.29, 0.717) is 22.9 Å². The monoisotopic (exact) mass is 416 g/mol. The summed E-state index contributed by atoms with van der Waals surface area (Å²) in [5.41, 5.74) is 3.49. The highest BCUT2D eigenvalue weighted by Gasteiger charge is 2.40. The number of nitrogens with one attached hydrogen (secondary N) is 1. The van der Waals surface area contributed by atoms with Crippen LogP contribution in [0.3, 0.4) is 0 Å². The van der Waals surface area contributed by atoms with Gasteiger partial charge in [0.2, 0.25) is 11.1 Å². The fraction of sp³-hybridized carbons (Fsp3) is 0.333. The summed E-state index contributed by atoms with van der Waals surface area (Å²) in [6.07, 6.45) is 5.02. The Morgan fingerprint density at radius 3 is 2.23 bits per heavy atom. The van der Waals surface area contributed by atoms with Crippen LogP contribution >= 0.6 is 11.8 Å². The molecule has 2 fully saturated rings. The second-order valence-corrected chi connectivity index (χ2v) is 9.10. The topological polar surface area (TPSA) is 67.8 Å². The number of thioether (sulfide) groups is 1. The summed E-state index contributed by atoms with van der Waals surface area (Å²) in [5.74, 6) is 1.87. The van der Waals surface area contributed by atoms with Crippen LogP contribution in [-0.2, 0) is 4.79 Å². The third kappa shape index (κ3) is 4.10. The summed E-state index contributed by atoms with van der Waals surface area (Å²) < 4.78 is 0. The van der Waals surface area contributed by atoms with Gasteiger partial charge >= 0.3 is 0 Å². The summed E-state index contributed by atoms with van der Waals surface area (Å²) in [6, 6.07) is 20.3. The van der Waals surface area contributed by atoms with Gasteiger partial charge in [-0.3, -0.25) is 4.79 Å². The zero-order chi connectivity index (χ0) is 20.3. The molecule has 5 nitrogen and oxygen atoms in total. The van der Waals surface area contributed by atoms with Gasteiger partial charge in [0.15, 0.2) is 0 Å². The molecule has 30 heavy (non-hydrogen) atoms. The smallest absolute Gasteiger partial charge is 0.230 e. The van der Waals surface area contributed by atoms with Crippen LogP contribution in [0.1, 0.15) is 25.7 Å². The number of fused-ring (bicyclic) bond motifs is 2.